The summed E-state index contributed by atoms with van der Waals surface area (Å²) in [6, 6.07) is -1.18. The summed E-state index contributed by atoms with van der Waals surface area (Å²) in [5.74, 6) is -4.16. The first-order valence-corrected chi connectivity index (χ1v) is 21.6. The number of hydrogen-bond donors (Lipinski definition) is 7. The van der Waals surface area contributed by atoms with E-state index in [4.69, 9.17) is 20.3 Å². The molecule has 1 unspecified atom stereocenters. The van der Waals surface area contributed by atoms with E-state index in [1.807, 2.05) is 39.0 Å². The van der Waals surface area contributed by atoms with E-state index in [0.717, 1.165) is 73.1 Å². The van der Waals surface area contributed by atoms with E-state index >= 15 is 0 Å². The lowest BCUT2D eigenvalue weighted by Crippen LogP contribution is -2.39. The Labute approximate surface area is 363 Å². The van der Waals surface area contributed by atoms with Crippen LogP contribution in [0.4, 0.5) is 0 Å². The van der Waals surface area contributed by atoms with Crippen LogP contribution in [0.2, 0.25) is 0 Å². The number of aliphatic carboxylic acids is 1. The van der Waals surface area contributed by atoms with Gasteiger partial charge in [0, 0.05) is 93.8 Å². The predicted molar refractivity (Wildman–Crippen MR) is 237 cm³/mol. The molecule has 6 heterocycles. The third-order valence-electron chi connectivity index (χ3n) is 12.2. The molecule has 2 fully saturated rings. The number of carboxylic acid groups (broad SMARTS) is 1. The number of ether oxygens (including phenoxy) is 2. The number of fused-ring (bicyclic) bond motifs is 8. The molecule has 3 aromatic heterocycles. The number of allylic oxidation sites excluding steroid dienone is 2. The molecule has 0 aliphatic carbocycles. The molecule has 8 N–H and O–H groups in total. The average Bonchev–Trinajstić information content (AvgIpc) is 3.99. The van der Waals surface area contributed by atoms with Gasteiger partial charge in [-0.1, -0.05) is 26.5 Å². The Balaban J connectivity index is 1.47. The van der Waals surface area contributed by atoms with E-state index in [0.29, 0.717) is 34.6 Å². The van der Waals surface area contributed by atoms with Crippen molar-refractivity contribution >= 4 is 77.3 Å². The second kappa shape index (κ2) is 18.9. The lowest BCUT2D eigenvalue weighted by Gasteiger charge is -2.20. The first-order valence-electron chi connectivity index (χ1n) is 20.6. The molecule has 3 aromatic rings. The minimum Gasteiger partial charge on any atom is -0.480 e. The van der Waals surface area contributed by atoms with E-state index in [1.54, 1.807) is 0 Å². The number of carbonyl (C=O) groups excluding carboxylic acids is 5. The number of H-pyrrole nitrogens is 3. The van der Waals surface area contributed by atoms with E-state index in [1.165, 1.54) is 14.2 Å². The molecule has 4 atom stereocenters. The fraction of sp³-hybridized carbons (Fsp3) is 0.422. The van der Waals surface area contributed by atoms with E-state index in [9.17, 15) is 28.8 Å². The topological polar surface area (TPSA) is 242 Å². The number of amides is 3. The van der Waals surface area contributed by atoms with Crippen molar-refractivity contribution in [3.05, 3.63) is 84.8 Å². The van der Waals surface area contributed by atoms with Crippen molar-refractivity contribution in [2.45, 2.75) is 78.0 Å². The number of nitrogens with two attached hydrogens (primary N) is 1. The quantitative estimate of drug-likeness (QED) is 0.0862. The molecule has 0 spiro atoms. The summed E-state index contributed by atoms with van der Waals surface area (Å²) in [5.41, 5.74) is 15.1. The van der Waals surface area contributed by atoms with Crippen LogP contribution in [0.3, 0.4) is 0 Å². The van der Waals surface area contributed by atoms with Crippen LogP contribution >= 0.6 is 11.8 Å². The Kier molecular flexibility index (Phi) is 13.9. The average molecular weight is 870 g/mol. The maximum absolute atomic E-state index is 14.2. The van der Waals surface area contributed by atoms with E-state index < -0.39 is 46.9 Å². The molecule has 6 rings (SSSR count). The molecule has 3 aliphatic rings. The van der Waals surface area contributed by atoms with Gasteiger partial charge in [0.05, 0.1) is 37.1 Å². The van der Waals surface area contributed by atoms with Crippen LogP contribution in [0.25, 0.3) is 29.9 Å². The first-order chi connectivity index (χ1) is 29.5. The van der Waals surface area contributed by atoms with Gasteiger partial charge in [0.15, 0.2) is 0 Å². The number of hydrogen-bond acceptors (Lipinski definition) is 11. The zero-order valence-corrected chi connectivity index (χ0v) is 36.9. The first kappa shape index (κ1) is 45.5. The number of carboxylic acids is 1. The predicted octanol–water partition coefficient (Wildman–Crippen LogP) is 2.90. The molecule has 0 saturated carbocycles. The normalized spacial score (nSPS) is 18.7. The van der Waals surface area contributed by atoms with Crippen molar-refractivity contribution in [3.8, 4) is 0 Å². The van der Waals surface area contributed by atoms with Crippen LogP contribution in [0.15, 0.2) is 18.0 Å². The Morgan fingerprint density at radius 3 is 2.39 bits per heavy atom. The maximum Gasteiger partial charge on any atom is 0.340 e. The Morgan fingerprint density at radius 2 is 1.73 bits per heavy atom. The summed E-state index contributed by atoms with van der Waals surface area (Å²) in [4.78, 5) is 89.6. The summed E-state index contributed by atoms with van der Waals surface area (Å²) in [7, 11) is 2.63. The zero-order chi connectivity index (χ0) is 45.2. The minimum atomic E-state index is -1.20. The lowest BCUT2D eigenvalue weighted by molar-refractivity contribution is -0.141. The van der Waals surface area contributed by atoms with Gasteiger partial charge < -0.3 is 45.9 Å². The Morgan fingerprint density at radius 1 is 1.02 bits per heavy atom. The summed E-state index contributed by atoms with van der Waals surface area (Å²) in [6.07, 6.45) is 8.70. The molecular formula is C45H55N7O9S. The number of imide groups is 1. The highest BCUT2D eigenvalue weighted by atomic mass is 32.2. The zero-order valence-electron chi connectivity index (χ0n) is 36.1. The molecule has 0 aromatic carbocycles. The number of nitrogens with one attached hydrogen (secondary N) is 5. The third kappa shape index (κ3) is 8.95. The van der Waals surface area contributed by atoms with Crippen molar-refractivity contribution in [1.82, 2.24) is 30.5 Å². The Hall–Kier alpha value is -6.07. The third-order valence-corrected chi connectivity index (χ3v) is 13.5. The van der Waals surface area contributed by atoms with Crippen molar-refractivity contribution in [2.75, 3.05) is 33.1 Å². The number of rotatable bonds is 15. The van der Waals surface area contributed by atoms with Crippen LogP contribution < -0.4 is 27.1 Å². The van der Waals surface area contributed by atoms with Gasteiger partial charge in [-0.3, -0.25) is 28.9 Å². The highest BCUT2D eigenvalue weighted by Gasteiger charge is 2.40. The highest BCUT2D eigenvalue weighted by molar-refractivity contribution is 8.00. The van der Waals surface area contributed by atoms with Crippen molar-refractivity contribution in [3.63, 3.8) is 0 Å². The van der Waals surface area contributed by atoms with Crippen LogP contribution in [0.5, 0.6) is 0 Å². The van der Waals surface area contributed by atoms with Crippen molar-refractivity contribution < 1.29 is 43.3 Å². The standard InChI is InChI=1S/C45H55N7O9S/c1-9-25-21(3)30-16-32-23(5)27(11-12-39(55)60-7)41(50-32)28(15-37(53)47-13-14-52-38(54)19-36(43(52)56)62-20-29(46)44(57)58)42-40(45(59)61-8)24(6)33(51-42)18-35-26(10-2)22(4)31(49-35)17-34(25)48-30/h9,16-18,23,27,29,36,48-51H,1,10-15,19-20,46H2,2-8H3,(H,47,53)(H,57,58)/t23-,27-,29-,36?/m0/s1. The summed E-state index contributed by atoms with van der Waals surface area (Å²) < 4.78 is 10.4. The van der Waals surface area contributed by atoms with E-state index in [2.05, 4.69) is 52.1 Å². The fourth-order valence-electron chi connectivity index (χ4n) is 8.58. The molecule has 3 amide bonds. The van der Waals surface area contributed by atoms with Gasteiger partial charge in [0.25, 0.3) is 0 Å². The van der Waals surface area contributed by atoms with E-state index in [-0.39, 0.29) is 55.5 Å². The number of carbonyl (C=O) groups is 6. The molecule has 2 saturated heterocycles. The lowest BCUT2D eigenvalue weighted by atomic mass is 9.85. The van der Waals surface area contributed by atoms with Gasteiger partial charge in [-0.15, -0.1) is 11.8 Å². The monoisotopic (exact) mass is 869 g/mol. The molecule has 16 nitrogen and oxygen atoms in total. The molecule has 3 aliphatic heterocycles. The van der Waals surface area contributed by atoms with Gasteiger partial charge in [0.2, 0.25) is 17.7 Å². The SMILES string of the molecule is C=Cc1c2[nH]c(c1C)C=C1NC(=C(CC(=O)NCCN3C(=O)CC(SC[C@H](N)C(=O)O)C3=O)c3[nH]c(c(C)c3C(=O)OC)C=c3[nH]c(c(C)c3CC)=C2)[C@@H](CCC(=O)OC)[C@@H]1C. The van der Waals surface area contributed by atoms with Crippen LogP contribution in [0.1, 0.15) is 100 Å². The molecule has 62 heavy (non-hydrogen) atoms. The van der Waals surface area contributed by atoms with Gasteiger partial charge >= 0.3 is 17.9 Å². The second-order valence-corrected chi connectivity index (χ2v) is 17.0. The number of aromatic amines is 3. The van der Waals surface area contributed by atoms with Crippen molar-refractivity contribution in [2.24, 2.45) is 17.6 Å². The van der Waals surface area contributed by atoms with Gasteiger partial charge in [-0.2, -0.15) is 0 Å². The van der Waals surface area contributed by atoms with Crippen molar-refractivity contribution in [1.29, 1.82) is 0 Å². The maximum atomic E-state index is 14.2. The minimum absolute atomic E-state index is 0.0397. The summed E-state index contributed by atoms with van der Waals surface area (Å²) in [6.45, 7) is 14.0. The van der Waals surface area contributed by atoms with Gasteiger partial charge in [0.1, 0.15) is 6.04 Å². The van der Waals surface area contributed by atoms with Crippen LogP contribution in [0, 0.1) is 32.6 Å². The number of esters is 2. The Bertz CT molecular complexity index is 2540. The molecule has 17 heteroatoms. The number of nitrogens with zero attached hydrogens (tertiary/aromatic N) is 1. The largest absolute Gasteiger partial charge is 0.480 e. The molecule has 8 bridgehead atoms. The molecular weight excluding hydrogens is 815 g/mol. The molecule has 0 radical (unpaired) electrons. The number of thioether (sulfide) groups is 1. The summed E-state index contributed by atoms with van der Waals surface area (Å²) in [5, 5.41) is 16.6. The number of methoxy groups -OCH3 is 2. The number of aromatic nitrogens is 3. The van der Waals surface area contributed by atoms with Crippen LogP contribution in [-0.2, 0) is 39.9 Å². The second-order valence-electron chi connectivity index (χ2n) is 15.8. The fourth-order valence-corrected chi connectivity index (χ4v) is 9.70. The van der Waals surface area contributed by atoms with Gasteiger partial charge in [-0.25, -0.2) is 4.79 Å². The smallest absolute Gasteiger partial charge is 0.340 e. The number of likely N-dealkylation sites (tertiary alicyclic amines) is 1. The van der Waals surface area contributed by atoms with Gasteiger partial charge in [-0.05, 0) is 74.1 Å². The van der Waals surface area contributed by atoms with Crippen LogP contribution in [-0.4, -0.2) is 105 Å². The highest BCUT2D eigenvalue weighted by Crippen LogP contribution is 2.43. The summed E-state index contributed by atoms with van der Waals surface area (Å²) >= 11 is 1.02. The molecule has 330 valence electrons.